The zero-order chi connectivity index (χ0) is 28.3. The Bertz CT molecular complexity index is 1660. The Balaban J connectivity index is 1.74. The van der Waals surface area contributed by atoms with E-state index in [0.29, 0.717) is 28.0 Å². The number of carbonyl (C=O) groups excluding carboxylic acids is 3. The Morgan fingerprint density at radius 2 is 1.59 bits per heavy atom. The average molecular weight is 530 g/mol. The monoisotopic (exact) mass is 529 g/mol. The lowest BCUT2D eigenvalue weighted by Crippen LogP contribution is -2.37. The number of amides is 2. The second-order valence-corrected chi connectivity index (χ2v) is 11.5. The summed E-state index contributed by atoms with van der Waals surface area (Å²) >= 11 is 0. The summed E-state index contributed by atoms with van der Waals surface area (Å²) in [7, 11) is 1.60. The number of rotatable bonds is 2. The molecule has 5 rings (SSSR count). The number of carbonyl (C=O) groups is 3. The summed E-state index contributed by atoms with van der Waals surface area (Å²) in [5.74, 6) is 0.171. The van der Waals surface area contributed by atoms with Gasteiger partial charge in [0.1, 0.15) is 17.0 Å². The first-order valence-electron chi connectivity index (χ1n) is 12.7. The van der Waals surface area contributed by atoms with Crippen LogP contribution in [0, 0.1) is 0 Å². The van der Waals surface area contributed by atoms with Gasteiger partial charge in [0.2, 0.25) is 0 Å². The van der Waals surface area contributed by atoms with Crippen molar-refractivity contribution in [3.8, 4) is 17.0 Å². The molecule has 0 N–H and O–H groups in total. The first-order valence-corrected chi connectivity index (χ1v) is 12.7. The fraction of sp³-hybridized carbons (Fsp3) is 0.333. The van der Waals surface area contributed by atoms with Crippen molar-refractivity contribution >= 4 is 39.8 Å². The fourth-order valence-electron chi connectivity index (χ4n) is 4.70. The molecule has 0 aliphatic carbocycles. The van der Waals surface area contributed by atoms with E-state index < -0.39 is 29.3 Å². The average Bonchev–Trinajstić information content (AvgIpc) is 3.36. The number of imide groups is 1. The van der Waals surface area contributed by atoms with Gasteiger partial charge < -0.3 is 14.2 Å². The molecule has 0 fully saturated rings. The number of pyridine rings is 1. The molecule has 1 aliphatic rings. The van der Waals surface area contributed by atoms with E-state index >= 15 is 0 Å². The van der Waals surface area contributed by atoms with Crippen LogP contribution in [0.25, 0.3) is 32.9 Å². The van der Waals surface area contributed by atoms with Gasteiger partial charge in [-0.3, -0.25) is 9.78 Å². The summed E-state index contributed by atoms with van der Waals surface area (Å²) in [6, 6.07) is 13.0. The van der Waals surface area contributed by atoms with Crippen molar-refractivity contribution in [3.63, 3.8) is 0 Å². The standard InChI is InChI=1S/C30H31N3O6/c1-29(2,3)38-27(35)32-16-23-24(26(32)34)20-12-11-18-15-31-22(17-9-8-10-19(13-17)37-7)14-21(18)25(20)33(23)28(36)39-30(4,5)6/h8-15H,16H2,1-7H3. The number of hydrogen-bond donors (Lipinski definition) is 0. The van der Waals surface area contributed by atoms with Gasteiger partial charge in [-0.05, 0) is 59.7 Å². The Morgan fingerprint density at radius 3 is 2.26 bits per heavy atom. The van der Waals surface area contributed by atoms with Gasteiger partial charge in [0, 0.05) is 27.9 Å². The third-order valence-electron chi connectivity index (χ3n) is 6.25. The van der Waals surface area contributed by atoms with Crippen LogP contribution in [0.15, 0.2) is 48.7 Å². The van der Waals surface area contributed by atoms with Gasteiger partial charge in [-0.1, -0.05) is 24.3 Å². The number of methoxy groups -OCH3 is 1. The normalized spacial score (nSPS) is 13.6. The molecule has 0 atom stereocenters. The largest absolute Gasteiger partial charge is 0.497 e. The van der Waals surface area contributed by atoms with Crippen molar-refractivity contribution in [1.82, 2.24) is 14.5 Å². The minimum atomic E-state index is -0.786. The smallest absolute Gasteiger partial charge is 0.419 e. The van der Waals surface area contributed by atoms with Crippen molar-refractivity contribution in [2.45, 2.75) is 59.3 Å². The van der Waals surface area contributed by atoms with E-state index in [9.17, 15) is 14.4 Å². The van der Waals surface area contributed by atoms with Crippen LogP contribution >= 0.6 is 0 Å². The van der Waals surface area contributed by atoms with Crippen LogP contribution in [-0.2, 0) is 16.0 Å². The minimum Gasteiger partial charge on any atom is -0.497 e. The predicted octanol–water partition coefficient (Wildman–Crippen LogP) is 6.54. The second-order valence-electron chi connectivity index (χ2n) is 11.5. The van der Waals surface area contributed by atoms with Crippen LogP contribution in [0.2, 0.25) is 0 Å². The van der Waals surface area contributed by atoms with E-state index in [1.165, 1.54) is 4.57 Å². The molecule has 2 aromatic carbocycles. The lowest BCUT2D eigenvalue weighted by atomic mass is 10.0. The van der Waals surface area contributed by atoms with Crippen molar-refractivity contribution in [3.05, 3.63) is 59.9 Å². The van der Waals surface area contributed by atoms with Crippen LogP contribution < -0.4 is 4.74 Å². The van der Waals surface area contributed by atoms with Crippen molar-refractivity contribution in [2.24, 2.45) is 0 Å². The highest BCUT2D eigenvalue weighted by Gasteiger charge is 2.41. The molecule has 39 heavy (non-hydrogen) atoms. The zero-order valence-electron chi connectivity index (χ0n) is 23.1. The van der Waals surface area contributed by atoms with Crippen LogP contribution in [0.4, 0.5) is 9.59 Å². The van der Waals surface area contributed by atoms with E-state index in [1.54, 1.807) is 60.9 Å². The van der Waals surface area contributed by atoms with E-state index in [0.717, 1.165) is 21.2 Å². The Hall–Kier alpha value is -4.40. The minimum absolute atomic E-state index is 0.119. The number of ether oxygens (including phenoxy) is 3. The fourth-order valence-corrected chi connectivity index (χ4v) is 4.70. The van der Waals surface area contributed by atoms with Gasteiger partial charge in [-0.2, -0.15) is 0 Å². The molecule has 202 valence electrons. The maximum Gasteiger partial charge on any atom is 0.419 e. The van der Waals surface area contributed by atoms with Crippen molar-refractivity contribution in [1.29, 1.82) is 0 Å². The summed E-state index contributed by atoms with van der Waals surface area (Å²) < 4.78 is 18.0. The van der Waals surface area contributed by atoms with E-state index in [-0.39, 0.29) is 12.1 Å². The third-order valence-corrected chi connectivity index (χ3v) is 6.25. The van der Waals surface area contributed by atoms with Gasteiger partial charge in [-0.25, -0.2) is 19.1 Å². The molecule has 0 saturated heterocycles. The zero-order valence-corrected chi connectivity index (χ0v) is 23.1. The summed E-state index contributed by atoms with van der Waals surface area (Å²) in [6.07, 6.45) is 0.327. The maximum atomic E-state index is 13.7. The summed E-state index contributed by atoms with van der Waals surface area (Å²) in [4.78, 5) is 45.8. The first kappa shape index (κ1) is 26.2. The van der Waals surface area contributed by atoms with Crippen LogP contribution in [0.1, 0.15) is 57.6 Å². The van der Waals surface area contributed by atoms with Gasteiger partial charge in [0.15, 0.2) is 0 Å². The lowest BCUT2D eigenvalue weighted by Gasteiger charge is -2.24. The molecule has 0 spiro atoms. The van der Waals surface area contributed by atoms with Gasteiger partial charge >= 0.3 is 12.2 Å². The molecule has 2 amide bonds. The molecule has 2 aromatic heterocycles. The topological polar surface area (TPSA) is 100.0 Å². The number of aromatic nitrogens is 2. The number of benzene rings is 2. The van der Waals surface area contributed by atoms with E-state index in [4.69, 9.17) is 14.2 Å². The SMILES string of the molecule is COc1cccc(-c2cc3c(ccc4c5c(n(C(=O)OC(C)(C)C)c43)CN(C(=O)OC(C)(C)C)C5=O)cn2)c1. The third kappa shape index (κ3) is 4.80. The quantitative estimate of drug-likeness (QED) is 0.291. The molecule has 0 unspecified atom stereocenters. The Labute approximate surface area is 226 Å². The highest BCUT2D eigenvalue weighted by atomic mass is 16.6. The molecule has 0 saturated carbocycles. The Kier molecular flexibility index (Phi) is 6.13. The van der Waals surface area contributed by atoms with Crippen LogP contribution in [0.5, 0.6) is 5.75 Å². The molecule has 1 aliphatic heterocycles. The number of hydrogen-bond acceptors (Lipinski definition) is 7. The van der Waals surface area contributed by atoms with Crippen molar-refractivity contribution in [2.75, 3.05) is 7.11 Å². The molecule has 9 nitrogen and oxygen atoms in total. The van der Waals surface area contributed by atoms with Crippen LogP contribution in [0.3, 0.4) is 0 Å². The van der Waals surface area contributed by atoms with E-state index in [1.807, 2.05) is 36.4 Å². The van der Waals surface area contributed by atoms with Gasteiger partial charge in [-0.15, -0.1) is 0 Å². The molecular formula is C30H31N3O6. The molecule has 9 heteroatoms. The van der Waals surface area contributed by atoms with Crippen LogP contribution in [-0.4, -0.2) is 50.9 Å². The first-order chi connectivity index (χ1) is 18.3. The van der Waals surface area contributed by atoms with Gasteiger partial charge in [0.05, 0.1) is 36.1 Å². The Morgan fingerprint density at radius 1 is 0.897 bits per heavy atom. The number of fused-ring (bicyclic) bond motifs is 5. The highest BCUT2D eigenvalue weighted by Crippen LogP contribution is 2.39. The van der Waals surface area contributed by atoms with Crippen molar-refractivity contribution < 1.29 is 28.6 Å². The molecule has 0 radical (unpaired) electrons. The second kappa shape index (κ2) is 9.11. The summed E-state index contributed by atoms with van der Waals surface area (Å²) in [5.41, 5.74) is 1.12. The summed E-state index contributed by atoms with van der Waals surface area (Å²) in [6.45, 7) is 10.4. The maximum absolute atomic E-state index is 13.7. The molecular weight excluding hydrogens is 498 g/mol. The van der Waals surface area contributed by atoms with E-state index in [2.05, 4.69) is 4.98 Å². The lowest BCUT2D eigenvalue weighted by molar-refractivity contribution is 0.0241. The van der Waals surface area contributed by atoms with Gasteiger partial charge in [0.25, 0.3) is 5.91 Å². The highest BCUT2D eigenvalue weighted by molar-refractivity contribution is 6.21. The molecule has 3 heterocycles. The molecule has 0 bridgehead atoms. The molecule has 4 aromatic rings. The predicted molar refractivity (Wildman–Crippen MR) is 147 cm³/mol. The summed E-state index contributed by atoms with van der Waals surface area (Å²) in [5, 5.41) is 2.05. The number of nitrogens with zero attached hydrogens (tertiary/aromatic N) is 3.